The van der Waals surface area contributed by atoms with Crippen LogP contribution in [0.15, 0.2) is 10.9 Å². The summed E-state index contributed by atoms with van der Waals surface area (Å²) in [4.78, 5) is 11.4. The van der Waals surface area contributed by atoms with Crippen molar-refractivity contribution in [2.45, 2.75) is 13.8 Å². The highest BCUT2D eigenvalue weighted by Crippen LogP contribution is 2.17. The first-order chi connectivity index (χ1) is 9.99. The molecule has 0 saturated heterocycles. The van der Waals surface area contributed by atoms with E-state index in [1.165, 1.54) is 0 Å². The van der Waals surface area contributed by atoms with Crippen LogP contribution in [0.1, 0.15) is 33.8 Å². The molecule has 0 radical (unpaired) electrons. The molecule has 0 spiro atoms. The van der Waals surface area contributed by atoms with Gasteiger partial charge in [0, 0.05) is 12.7 Å². The Morgan fingerprint density at radius 2 is 2.00 bits per heavy atom. The smallest absolute Gasteiger partial charge is 0.282 e. The van der Waals surface area contributed by atoms with Gasteiger partial charge in [0.1, 0.15) is 23.4 Å². The second kappa shape index (κ2) is 5.48. The predicted molar refractivity (Wildman–Crippen MR) is 78.1 cm³/mol. The SMILES string of the molecule is Cc1c(/C=C/c2cc(C#N)n(C)c2C)n[nH]c(=O)c1C#N. The van der Waals surface area contributed by atoms with Crippen LogP contribution in [-0.2, 0) is 7.05 Å². The van der Waals surface area contributed by atoms with Crippen LogP contribution >= 0.6 is 0 Å². The number of hydrogen-bond donors (Lipinski definition) is 1. The maximum absolute atomic E-state index is 11.4. The van der Waals surface area contributed by atoms with Crippen LogP contribution in [0.2, 0.25) is 0 Å². The van der Waals surface area contributed by atoms with Crippen molar-refractivity contribution < 1.29 is 0 Å². The van der Waals surface area contributed by atoms with Crippen molar-refractivity contribution in [3.63, 3.8) is 0 Å². The van der Waals surface area contributed by atoms with E-state index in [0.29, 0.717) is 17.0 Å². The number of nitrogens with zero attached hydrogens (tertiary/aromatic N) is 4. The summed E-state index contributed by atoms with van der Waals surface area (Å²) in [7, 11) is 1.82. The molecule has 104 valence electrons. The molecule has 2 rings (SSSR count). The van der Waals surface area contributed by atoms with Crippen LogP contribution in [0, 0.1) is 36.5 Å². The lowest BCUT2D eigenvalue weighted by atomic mass is 10.1. The molecule has 2 aromatic heterocycles. The zero-order valence-corrected chi connectivity index (χ0v) is 11.9. The number of H-pyrrole nitrogens is 1. The van der Waals surface area contributed by atoms with Gasteiger partial charge in [-0.15, -0.1) is 0 Å². The topological polar surface area (TPSA) is 98.3 Å². The van der Waals surface area contributed by atoms with Crippen LogP contribution < -0.4 is 5.56 Å². The normalized spacial score (nSPS) is 10.5. The summed E-state index contributed by atoms with van der Waals surface area (Å²) in [6, 6.07) is 5.76. The molecule has 0 atom stereocenters. The molecule has 0 fully saturated rings. The second-order valence-electron chi connectivity index (χ2n) is 4.62. The van der Waals surface area contributed by atoms with Gasteiger partial charge >= 0.3 is 0 Å². The van der Waals surface area contributed by atoms with E-state index in [-0.39, 0.29) is 5.56 Å². The van der Waals surface area contributed by atoms with Gasteiger partial charge in [-0.3, -0.25) is 4.79 Å². The highest BCUT2D eigenvalue weighted by Gasteiger charge is 2.09. The zero-order valence-electron chi connectivity index (χ0n) is 11.9. The van der Waals surface area contributed by atoms with Gasteiger partial charge in [0.05, 0.1) is 5.69 Å². The molecule has 6 heteroatoms. The van der Waals surface area contributed by atoms with Gasteiger partial charge in [-0.05, 0) is 37.1 Å². The molecule has 0 aliphatic rings. The van der Waals surface area contributed by atoms with Crippen molar-refractivity contribution in [3.8, 4) is 12.1 Å². The summed E-state index contributed by atoms with van der Waals surface area (Å²) >= 11 is 0. The summed E-state index contributed by atoms with van der Waals surface area (Å²) in [5.74, 6) is 0. The first kappa shape index (κ1) is 14.3. The summed E-state index contributed by atoms with van der Waals surface area (Å²) in [6.07, 6.45) is 3.53. The van der Waals surface area contributed by atoms with Crippen LogP contribution in [-0.4, -0.2) is 14.8 Å². The third-order valence-electron chi connectivity index (χ3n) is 3.49. The quantitative estimate of drug-likeness (QED) is 0.903. The Hall–Kier alpha value is -3.12. The summed E-state index contributed by atoms with van der Waals surface area (Å²) in [5.41, 5.74) is 3.03. The Bertz CT molecular complexity index is 871. The van der Waals surface area contributed by atoms with E-state index in [1.54, 1.807) is 23.6 Å². The maximum Gasteiger partial charge on any atom is 0.282 e. The average molecular weight is 279 g/mol. The lowest BCUT2D eigenvalue weighted by Gasteiger charge is -2.00. The number of aromatic nitrogens is 3. The fraction of sp³-hybridized carbons (Fsp3) is 0.200. The Morgan fingerprint density at radius 3 is 2.57 bits per heavy atom. The minimum atomic E-state index is -0.491. The standard InChI is InChI=1S/C15H13N5O/c1-9-13(8-17)15(21)19-18-14(9)5-4-11-6-12(7-16)20(3)10(11)2/h4-6H,1-3H3,(H,19,21)/b5-4+. The molecular formula is C15H13N5O. The van der Waals surface area contributed by atoms with Gasteiger partial charge in [-0.1, -0.05) is 6.08 Å². The molecular weight excluding hydrogens is 266 g/mol. The van der Waals surface area contributed by atoms with Gasteiger partial charge in [0.15, 0.2) is 0 Å². The van der Waals surface area contributed by atoms with E-state index in [9.17, 15) is 4.79 Å². The van der Waals surface area contributed by atoms with E-state index < -0.39 is 5.56 Å². The highest BCUT2D eigenvalue weighted by molar-refractivity contribution is 5.71. The number of rotatable bonds is 2. The van der Waals surface area contributed by atoms with Crippen molar-refractivity contribution in [2.24, 2.45) is 7.05 Å². The average Bonchev–Trinajstić information content (AvgIpc) is 2.74. The lowest BCUT2D eigenvalue weighted by Crippen LogP contribution is -2.15. The molecule has 0 unspecified atom stereocenters. The molecule has 2 aromatic rings. The molecule has 6 nitrogen and oxygen atoms in total. The van der Waals surface area contributed by atoms with Crippen LogP contribution in [0.4, 0.5) is 0 Å². The van der Waals surface area contributed by atoms with Crippen LogP contribution in [0.3, 0.4) is 0 Å². The van der Waals surface area contributed by atoms with Crippen molar-refractivity contribution in [1.82, 2.24) is 14.8 Å². The highest BCUT2D eigenvalue weighted by atomic mass is 16.1. The number of hydrogen-bond acceptors (Lipinski definition) is 4. The first-order valence-electron chi connectivity index (χ1n) is 6.23. The molecule has 0 bridgehead atoms. The summed E-state index contributed by atoms with van der Waals surface area (Å²) < 4.78 is 1.80. The first-order valence-corrected chi connectivity index (χ1v) is 6.23. The van der Waals surface area contributed by atoms with Crippen LogP contribution in [0.5, 0.6) is 0 Å². The molecule has 0 amide bonds. The van der Waals surface area contributed by atoms with Crippen molar-refractivity contribution in [1.29, 1.82) is 10.5 Å². The molecule has 0 saturated carbocycles. The van der Waals surface area contributed by atoms with Gasteiger partial charge in [0.25, 0.3) is 5.56 Å². The minimum Gasteiger partial charge on any atom is -0.339 e. The predicted octanol–water partition coefficient (Wildman–Crippen LogP) is 1.64. The van der Waals surface area contributed by atoms with Crippen molar-refractivity contribution in [3.05, 3.63) is 50.2 Å². The van der Waals surface area contributed by atoms with Gasteiger partial charge in [-0.2, -0.15) is 15.6 Å². The second-order valence-corrected chi connectivity index (χ2v) is 4.62. The monoisotopic (exact) mass is 279 g/mol. The zero-order chi connectivity index (χ0) is 15.6. The third kappa shape index (κ3) is 2.47. The Morgan fingerprint density at radius 1 is 1.29 bits per heavy atom. The van der Waals surface area contributed by atoms with Crippen LogP contribution in [0.25, 0.3) is 12.2 Å². The molecule has 0 aromatic carbocycles. The number of nitrogens with one attached hydrogen (secondary N) is 1. The van der Waals surface area contributed by atoms with Crippen molar-refractivity contribution >= 4 is 12.2 Å². The van der Waals surface area contributed by atoms with Crippen molar-refractivity contribution in [2.75, 3.05) is 0 Å². The van der Waals surface area contributed by atoms with Gasteiger partial charge in [-0.25, -0.2) is 5.10 Å². The van der Waals surface area contributed by atoms with E-state index in [0.717, 1.165) is 11.3 Å². The van der Waals surface area contributed by atoms with Gasteiger partial charge < -0.3 is 4.57 Å². The minimum absolute atomic E-state index is 0.0622. The Kier molecular flexibility index (Phi) is 3.73. The van der Waals surface area contributed by atoms with E-state index in [1.807, 2.05) is 26.1 Å². The summed E-state index contributed by atoms with van der Waals surface area (Å²) in [6.45, 7) is 3.59. The van der Waals surface area contributed by atoms with E-state index >= 15 is 0 Å². The fourth-order valence-electron chi connectivity index (χ4n) is 2.01. The largest absolute Gasteiger partial charge is 0.339 e. The van der Waals surface area contributed by atoms with E-state index in [4.69, 9.17) is 10.5 Å². The number of nitriles is 2. The van der Waals surface area contributed by atoms with Gasteiger partial charge in [0.2, 0.25) is 0 Å². The third-order valence-corrected chi connectivity index (χ3v) is 3.49. The molecule has 21 heavy (non-hydrogen) atoms. The fourth-order valence-corrected chi connectivity index (χ4v) is 2.01. The molecule has 1 N–H and O–H groups in total. The summed E-state index contributed by atoms with van der Waals surface area (Å²) in [5, 5.41) is 24.2. The Labute approximate surface area is 121 Å². The van der Waals surface area contributed by atoms with E-state index in [2.05, 4.69) is 16.3 Å². The lowest BCUT2D eigenvalue weighted by molar-refractivity contribution is 0.865. The number of aromatic amines is 1. The maximum atomic E-state index is 11.4. The molecule has 0 aliphatic heterocycles. The Balaban J connectivity index is 2.47. The molecule has 0 aliphatic carbocycles. The molecule has 2 heterocycles.